The van der Waals surface area contributed by atoms with Crippen LogP contribution in [0.5, 0.6) is 0 Å². The molecule has 1 amide bonds. The molecule has 30 heavy (non-hydrogen) atoms. The minimum absolute atomic E-state index is 0.138. The number of hydrogen-bond donors (Lipinski definition) is 1. The van der Waals surface area contributed by atoms with E-state index in [1.54, 1.807) is 11.3 Å². The lowest BCUT2D eigenvalue weighted by Gasteiger charge is -2.12. The summed E-state index contributed by atoms with van der Waals surface area (Å²) in [6.07, 6.45) is 5.47. The standard InChI is InChI=1S/C20H22N4O4S2/c1-23(2)30(27,28)14-9-7-13(8-10-14)22-17(25)11-24-12-21-19-18(20(24)26)15-5-3-4-6-16(15)29-19/h7-10,12H,3-6,11H2,1-2H3,(H,22,25). The minimum atomic E-state index is -3.53. The number of amides is 1. The number of carbonyl (C=O) groups excluding carboxylic acids is 1. The maximum absolute atomic E-state index is 12.9. The molecule has 4 rings (SSSR count). The molecule has 2 heterocycles. The molecule has 0 saturated carbocycles. The summed E-state index contributed by atoms with van der Waals surface area (Å²) in [4.78, 5) is 31.9. The van der Waals surface area contributed by atoms with Crippen molar-refractivity contribution in [3.05, 3.63) is 51.4 Å². The normalized spacial score (nSPS) is 14.1. The van der Waals surface area contributed by atoms with Crippen LogP contribution in [0.15, 0.2) is 40.3 Å². The molecular weight excluding hydrogens is 424 g/mol. The van der Waals surface area contributed by atoms with E-state index in [2.05, 4.69) is 10.3 Å². The summed E-state index contributed by atoms with van der Waals surface area (Å²) in [6, 6.07) is 5.91. The predicted molar refractivity (Wildman–Crippen MR) is 116 cm³/mol. The topological polar surface area (TPSA) is 101 Å². The number of nitrogens with one attached hydrogen (secondary N) is 1. The number of thiophene rings is 1. The number of aromatic nitrogens is 2. The molecule has 0 aliphatic heterocycles. The molecule has 0 unspecified atom stereocenters. The lowest BCUT2D eigenvalue weighted by molar-refractivity contribution is -0.116. The lowest BCUT2D eigenvalue weighted by atomic mass is 9.97. The van der Waals surface area contributed by atoms with Crippen LogP contribution in [0.25, 0.3) is 10.2 Å². The molecule has 10 heteroatoms. The Bertz CT molecular complexity index is 1270. The molecule has 1 aliphatic rings. The van der Waals surface area contributed by atoms with Crippen molar-refractivity contribution in [2.75, 3.05) is 19.4 Å². The van der Waals surface area contributed by atoms with Crippen LogP contribution in [0.3, 0.4) is 0 Å². The first-order chi connectivity index (χ1) is 14.3. The van der Waals surface area contributed by atoms with Crippen molar-refractivity contribution in [1.29, 1.82) is 0 Å². The van der Waals surface area contributed by atoms with Crippen molar-refractivity contribution in [2.24, 2.45) is 0 Å². The third-order valence-corrected chi connectivity index (χ3v) is 8.20. The van der Waals surface area contributed by atoms with Gasteiger partial charge < -0.3 is 5.32 Å². The Hall–Kier alpha value is -2.56. The van der Waals surface area contributed by atoms with Gasteiger partial charge in [-0.15, -0.1) is 11.3 Å². The summed E-state index contributed by atoms with van der Waals surface area (Å²) in [6.45, 7) is -0.163. The lowest BCUT2D eigenvalue weighted by Crippen LogP contribution is -2.28. The van der Waals surface area contributed by atoms with Gasteiger partial charge in [0.25, 0.3) is 5.56 Å². The molecule has 8 nitrogen and oxygen atoms in total. The fourth-order valence-corrected chi connectivity index (χ4v) is 5.69. The van der Waals surface area contributed by atoms with E-state index in [1.165, 1.54) is 54.1 Å². The maximum atomic E-state index is 12.9. The summed E-state index contributed by atoms with van der Waals surface area (Å²) in [5, 5.41) is 3.34. The molecule has 0 bridgehead atoms. The van der Waals surface area contributed by atoms with Gasteiger partial charge >= 0.3 is 0 Å². The third kappa shape index (κ3) is 3.78. The zero-order valence-corrected chi connectivity index (χ0v) is 18.3. The largest absolute Gasteiger partial charge is 0.325 e. The van der Waals surface area contributed by atoms with Crippen LogP contribution >= 0.6 is 11.3 Å². The van der Waals surface area contributed by atoms with Crippen molar-refractivity contribution in [3.63, 3.8) is 0 Å². The number of aryl methyl sites for hydroxylation is 2. The van der Waals surface area contributed by atoms with Crippen LogP contribution < -0.4 is 10.9 Å². The number of hydrogen-bond acceptors (Lipinski definition) is 6. The van der Waals surface area contributed by atoms with E-state index in [9.17, 15) is 18.0 Å². The Labute approximate surface area is 178 Å². The van der Waals surface area contributed by atoms with Gasteiger partial charge in [0.2, 0.25) is 15.9 Å². The first-order valence-electron chi connectivity index (χ1n) is 9.59. The van der Waals surface area contributed by atoms with Gasteiger partial charge in [-0.1, -0.05) is 0 Å². The van der Waals surface area contributed by atoms with E-state index in [4.69, 9.17) is 0 Å². The monoisotopic (exact) mass is 446 g/mol. The van der Waals surface area contributed by atoms with Crippen molar-refractivity contribution in [1.82, 2.24) is 13.9 Å². The second kappa shape index (κ2) is 7.93. The average Bonchev–Trinajstić information content (AvgIpc) is 3.09. The molecule has 1 N–H and O–H groups in total. The summed E-state index contributed by atoms with van der Waals surface area (Å²) >= 11 is 1.57. The number of carbonyl (C=O) groups is 1. The molecule has 0 radical (unpaired) electrons. The highest BCUT2D eigenvalue weighted by molar-refractivity contribution is 7.89. The molecule has 3 aromatic rings. The zero-order chi connectivity index (χ0) is 21.5. The van der Waals surface area contributed by atoms with Gasteiger partial charge in [0.1, 0.15) is 11.4 Å². The van der Waals surface area contributed by atoms with Gasteiger partial charge in [0, 0.05) is 24.7 Å². The fraction of sp³-hybridized carbons (Fsp3) is 0.350. The smallest absolute Gasteiger partial charge is 0.262 e. The van der Waals surface area contributed by atoms with Crippen LogP contribution in [-0.2, 0) is 34.2 Å². The zero-order valence-electron chi connectivity index (χ0n) is 16.7. The summed E-state index contributed by atoms with van der Waals surface area (Å²) in [5.74, 6) is -0.384. The number of rotatable bonds is 5. The van der Waals surface area contributed by atoms with Gasteiger partial charge in [-0.3, -0.25) is 14.2 Å². The second-order valence-electron chi connectivity index (χ2n) is 7.43. The highest BCUT2D eigenvalue weighted by Crippen LogP contribution is 2.33. The molecule has 0 spiro atoms. The van der Waals surface area contributed by atoms with E-state index in [1.807, 2.05) is 0 Å². The van der Waals surface area contributed by atoms with Crippen molar-refractivity contribution >= 4 is 43.2 Å². The second-order valence-corrected chi connectivity index (χ2v) is 10.7. The Morgan fingerprint density at radius 1 is 1.20 bits per heavy atom. The van der Waals surface area contributed by atoms with Crippen LogP contribution in [0.4, 0.5) is 5.69 Å². The molecule has 1 aliphatic carbocycles. The SMILES string of the molecule is CN(C)S(=O)(=O)c1ccc(NC(=O)Cn2cnc3sc4c(c3c2=O)CCCC4)cc1. The van der Waals surface area contributed by atoms with E-state index in [0.717, 1.165) is 40.4 Å². The van der Waals surface area contributed by atoms with Crippen LogP contribution in [0.2, 0.25) is 0 Å². The first-order valence-corrected chi connectivity index (χ1v) is 11.8. The highest BCUT2D eigenvalue weighted by Gasteiger charge is 2.21. The molecule has 0 fully saturated rings. The van der Waals surface area contributed by atoms with Gasteiger partial charge in [0.05, 0.1) is 16.6 Å². The summed E-state index contributed by atoms with van der Waals surface area (Å²) in [5.41, 5.74) is 1.35. The minimum Gasteiger partial charge on any atom is -0.325 e. The maximum Gasteiger partial charge on any atom is 0.262 e. The van der Waals surface area contributed by atoms with E-state index in [-0.39, 0.29) is 22.9 Å². The van der Waals surface area contributed by atoms with Gasteiger partial charge in [-0.05, 0) is 55.5 Å². The van der Waals surface area contributed by atoms with Crippen LogP contribution in [0, 0.1) is 0 Å². The number of benzene rings is 1. The van der Waals surface area contributed by atoms with Gasteiger partial charge in [-0.2, -0.15) is 0 Å². The van der Waals surface area contributed by atoms with Gasteiger partial charge in [0.15, 0.2) is 0 Å². The number of nitrogens with zero attached hydrogens (tertiary/aromatic N) is 3. The summed E-state index contributed by atoms with van der Waals surface area (Å²) < 4.78 is 26.7. The third-order valence-electron chi connectivity index (χ3n) is 5.17. The van der Waals surface area contributed by atoms with E-state index >= 15 is 0 Å². The highest BCUT2D eigenvalue weighted by atomic mass is 32.2. The van der Waals surface area contributed by atoms with Crippen molar-refractivity contribution < 1.29 is 13.2 Å². The molecule has 0 atom stereocenters. The van der Waals surface area contributed by atoms with Crippen molar-refractivity contribution in [2.45, 2.75) is 37.1 Å². The van der Waals surface area contributed by atoms with Crippen LogP contribution in [0.1, 0.15) is 23.3 Å². The molecule has 0 saturated heterocycles. The molecular formula is C20H22N4O4S2. The van der Waals surface area contributed by atoms with E-state index in [0.29, 0.717) is 11.1 Å². The fourth-order valence-electron chi connectivity index (χ4n) is 3.57. The molecule has 2 aromatic heterocycles. The quantitative estimate of drug-likeness (QED) is 0.648. The average molecular weight is 447 g/mol. The number of sulfonamides is 1. The van der Waals surface area contributed by atoms with E-state index < -0.39 is 10.0 Å². The Kier molecular flexibility index (Phi) is 5.48. The number of fused-ring (bicyclic) bond motifs is 3. The Morgan fingerprint density at radius 2 is 1.90 bits per heavy atom. The Balaban J connectivity index is 1.53. The molecule has 158 valence electrons. The molecule has 1 aromatic carbocycles. The Morgan fingerprint density at radius 3 is 2.60 bits per heavy atom. The predicted octanol–water partition coefficient (Wildman–Crippen LogP) is 2.23. The van der Waals surface area contributed by atoms with Crippen LogP contribution in [-0.4, -0.2) is 42.3 Å². The van der Waals surface area contributed by atoms with Gasteiger partial charge in [-0.25, -0.2) is 17.7 Å². The van der Waals surface area contributed by atoms with Crippen molar-refractivity contribution in [3.8, 4) is 0 Å². The first kappa shape index (κ1) is 20.7. The summed E-state index contributed by atoms with van der Waals surface area (Å²) in [7, 11) is -0.618. The number of anilines is 1.